The van der Waals surface area contributed by atoms with Crippen LogP contribution < -0.4 is 10.6 Å². The van der Waals surface area contributed by atoms with Crippen molar-refractivity contribution in [2.75, 3.05) is 10.6 Å². The van der Waals surface area contributed by atoms with Crippen molar-refractivity contribution >= 4 is 23.2 Å². The van der Waals surface area contributed by atoms with Crippen LogP contribution in [0, 0.1) is 20.8 Å². The lowest BCUT2D eigenvalue weighted by molar-refractivity contribution is 0.101. The van der Waals surface area contributed by atoms with Gasteiger partial charge in [0.05, 0.1) is 0 Å². The molecule has 0 unspecified atom stereocenters. The lowest BCUT2D eigenvalue weighted by Gasteiger charge is -2.11. The summed E-state index contributed by atoms with van der Waals surface area (Å²) in [6, 6.07) is 20.3. The molecule has 4 heteroatoms. The SMILES string of the molecule is Cc1ccc(C(=O)Nc2cccc(NC(=O)c3ccccc3C)c2)c(C)c1. The van der Waals surface area contributed by atoms with Gasteiger partial charge in [0.1, 0.15) is 0 Å². The summed E-state index contributed by atoms with van der Waals surface area (Å²) in [6.45, 7) is 5.81. The molecular weight excluding hydrogens is 336 g/mol. The Kier molecular flexibility index (Phi) is 5.36. The van der Waals surface area contributed by atoms with E-state index in [-0.39, 0.29) is 11.8 Å². The van der Waals surface area contributed by atoms with Crippen LogP contribution >= 0.6 is 0 Å². The van der Waals surface area contributed by atoms with E-state index in [9.17, 15) is 9.59 Å². The molecule has 3 aromatic rings. The largest absolute Gasteiger partial charge is 0.322 e. The smallest absolute Gasteiger partial charge is 0.255 e. The molecule has 3 rings (SSSR count). The van der Waals surface area contributed by atoms with Gasteiger partial charge in [-0.2, -0.15) is 0 Å². The molecular formula is C23H22N2O2. The first kappa shape index (κ1) is 18.4. The van der Waals surface area contributed by atoms with Crippen molar-refractivity contribution in [1.29, 1.82) is 0 Å². The minimum absolute atomic E-state index is 0.171. The molecule has 0 atom stereocenters. The Hall–Kier alpha value is -3.40. The summed E-state index contributed by atoms with van der Waals surface area (Å²) in [4.78, 5) is 25.0. The molecule has 0 saturated heterocycles. The zero-order valence-corrected chi connectivity index (χ0v) is 15.7. The van der Waals surface area contributed by atoms with Gasteiger partial charge in [-0.25, -0.2) is 0 Å². The summed E-state index contributed by atoms with van der Waals surface area (Å²) in [6.07, 6.45) is 0. The molecule has 0 spiro atoms. The summed E-state index contributed by atoms with van der Waals surface area (Å²) < 4.78 is 0. The number of nitrogens with one attached hydrogen (secondary N) is 2. The van der Waals surface area contributed by atoms with Crippen LogP contribution in [0.1, 0.15) is 37.4 Å². The van der Waals surface area contributed by atoms with E-state index in [1.807, 2.05) is 57.2 Å². The van der Waals surface area contributed by atoms with Crippen LogP contribution in [0.2, 0.25) is 0 Å². The van der Waals surface area contributed by atoms with Crippen molar-refractivity contribution in [1.82, 2.24) is 0 Å². The Morgan fingerprint density at radius 2 is 1.22 bits per heavy atom. The third-order valence-corrected chi connectivity index (χ3v) is 4.39. The molecule has 4 nitrogen and oxygen atoms in total. The van der Waals surface area contributed by atoms with Gasteiger partial charge < -0.3 is 10.6 Å². The Bertz CT molecular complexity index is 1010. The molecule has 27 heavy (non-hydrogen) atoms. The highest BCUT2D eigenvalue weighted by molar-refractivity contribution is 6.07. The normalized spacial score (nSPS) is 10.3. The highest BCUT2D eigenvalue weighted by Crippen LogP contribution is 2.19. The molecule has 2 amide bonds. The molecule has 0 fully saturated rings. The summed E-state index contributed by atoms with van der Waals surface area (Å²) >= 11 is 0. The van der Waals surface area contributed by atoms with Crippen LogP contribution in [0.15, 0.2) is 66.7 Å². The van der Waals surface area contributed by atoms with Gasteiger partial charge in [-0.15, -0.1) is 0 Å². The molecule has 0 bridgehead atoms. The number of aryl methyl sites for hydroxylation is 3. The molecule has 0 heterocycles. The summed E-state index contributed by atoms with van der Waals surface area (Å²) in [5, 5.41) is 5.77. The fourth-order valence-corrected chi connectivity index (χ4v) is 2.97. The van der Waals surface area contributed by atoms with E-state index >= 15 is 0 Å². The molecule has 0 saturated carbocycles. The maximum absolute atomic E-state index is 12.5. The van der Waals surface area contributed by atoms with Gasteiger partial charge in [0.2, 0.25) is 0 Å². The second kappa shape index (κ2) is 7.87. The van der Waals surface area contributed by atoms with Gasteiger partial charge in [-0.05, 0) is 62.2 Å². The Morgan fingerprint density at radius 1 is 0.630 bits per heavy atom. The molecule has 0 aliphatic heterocycles. The zero-order chi connectivity index (χ0) is 19.4. The molecule has 0 radical (unpaired) electrons. The van der Waals surface area contributed by atoms with Crippen molar-refractivity contribution in [3.8, 4) is 0 Å². The van der Waals surface area contributed by atoms with E-state index in [4.69, 9.17) is 0 Å². The van der Waals surface area contributed by atoms with Crippen molar-refractivity contribution < 1.29 is 9.59 Å². The first-order chi connectivity index (χ1) is 12.9. The summed E-state index contributed by atoms with van der Waals surface area (Å²) in [7, 11) is 0. The van der Waals surface area contributed by atoms with Crippen molar-refractivity contribution in [2.24, 2.45) is 0 Å². The lowest BCUT2D eigenvalue weighted by Crippen LogP contribution is -2.15. The van der Waals surface area contributed by atoms with Gasteiger partial charge >= 0.3 is 0 Å². The van der Waals surface area contributed by atoms with Crippen LogP contribution in [0.3, 0.4) is 0 Å². The average molecular weight is 358 g/mol. The average Bonchev–Trinajstić information content (AvgIpc) is 2.62. The van der Waals surface area contributed by atoms with E-state index in [0.717, 1.165) is 16.7 Å². The predicted octanol–water partition coefficient (Wildman–Crippen LogP) is 5.12. The first-order valence-electron chi connectivity index (χ1n) is 8.79. The minimum Gasteiger partial charge on any atom is -0.322 e. The number of carbonyl (C=O) groups excluding carboxylic acids is 2. The van der Waals surface area contributed by atoms with Crippen LogP contribution in [-0.4, -0.2) is 11.8 Å². The molecule has 0 aromatic heterocycles. The summed E-state index contributed by atoms with van der Waals surface area (Å²) in [5.74, 6) is -0.346. The van der Waals surface area contributed by atoms with E-state index in [2.05, 4.69) is 10.6 Å². The van der Waals surface area contributed by atoms with Crippen LogP contribution in [-0.2, 0) is 0 Å². The first-order valence-corrected chi connectivity index (χ1v) is 8.79. The fourth-order valence-electron chi connectivity index (χ4n) is 2.97. The maximum Gasteiger partial charge on any atom is 0.255 e. The highest BCUT2D eigenvalue weighted by atomic mass is 16.2. The topological polar surface area (TPSA) is 58.2 Å². The van der Waals surface area contributed by atoms with E-state index < -0.39 is 0 Å². The zero-order valence-electron chi connectivity index (χ0n) is 15.7. The van der Waals surface area contributed by atoms with E-state index in [1.54, 1.807) is 30.3 Å². The molecule has 0 aliphatic rings. The van der Waals surface area contributed by atoms with E-state index in [1.165, 1.54) is 0 Å². The quantitative estimate of drug-likeness (QED) is 0.680. The maximum atomic E-state index is 12.5. The minimum atomic E-state index is -0.175. The third-order valence-electron chi connectivity index (χ3n) is 4.39. The molecule has 3 aromatic carbocycles. The number of rotatable bonds is 4. The van der Waals surface area contributed by atoms with Gasteiger partial charge in [-0.1, -0.05) is 42.0 Å². The van der Waals surface area contributed by atoms with Crippen molar-refractivity contribution in [2.45, 2.75) is 20.8 Å². The second-order valence-corrected chi connectivity index (χ2v) is 6.62. The molecule has 136 valence electrons. The third kappa shape index (κ3) is 4.42. The Balaban J connectivity index is 1.75. The van der Waals surface area contributed by atoms with Crippen molar-refractivity contribution in [3.05, 3.63) is 94.5 Å². The summed E-state index contributed by atoms with van der Waals surface area (Å²) in [5.41, 5.74) is 5.47. The van der Waals surface area contributed by atoms with Crippen molar-refractivity contribution in [3.63, 3.8) is 0 Å². The standard InChI is InChI=1S/C23H22N2O2/c1-15-11-12-21(17(3)13-15)23(27)25-19-9-6-8-18(14-19)24-22(26)20-10-5-4-7-16(20)2/h4-14H,1-3H3,(H,24,26)(H,25,27). The van der Waals surface area contributed by atoms with Gasteiger partial charge in [-0.3, -0.25) is 9.59 Å². The number of hydrogen-bond acceptors (Lipinski definition) is 2. The number of amides is 2. The Morgan fingerprint density at radius 3 is 1.81 bits per heavy atom. The number of hydrogen-bond donors (Lipinski definition) is 2. The van der Waals surface area contributed by atoms with Crippen LogP contribution in [0.5, 0.6) is 0 Å². The van der Waals surface area contributed by atoms with Crippen LogP contribution in [0.25, 0.3) is 0 Å². The molecule has 2 N–H and O–H groups in total. The fraction of sp³-hybridized carbons (Fsp3) is 0.130. The molecule has 0 aliphatic carbocycles. The second-order valence-electron chi connectivity index (χ2n) is 6.62. The monoisotopic (exact) mass is 358 g/mol. The van der Waals surface area contributed by atoms with Crippen LogP contribution in [0.4, 0.5) is 11.4 Å². The lowest BCUT2D eigenvalue weighted by atomic mass is 10.1. The Labute approximate surface area is 159 Å². The predicted molar refractivity (Wildman–Crippen MR) is 109 cm³/mol. The number of anilines is 2. The number of carbonyl (C=O) groups is 2. The van der Waals surface area contributed by atoms with Gasteiger partial charge in [0, 0.05) is 22.5 Å². The number of benzene rings is 3. The highest BCUT2D eigenvalue weighted by Gasteiger charge is 2.11. The van der Waals surface area contributed by atoms with E-state index in [0.29, 0.717) is 22.5 Å². The van der Waals surface area contributed by atoms with Gasteiger partial charge in [0.25, 0.3) is 11.8 Å². The van der Waals surface area contributed by atoms with Gasteiger partial charge in [0.15, 0.2) is 0 Å².